The van der Waals surface area contributed by atoms with E-state index in [-0.39, 0.29) is 47.3 Å². The van der Waals surface area contributed by atoms with Crippen LogP contribution in [0.1, 0.15) is 10.4 Å². The maximum Gasteiger partial charge on any atom is 0.339 e. The van der Waals surface area contributed by atoms with Crippen molar-refractivity contribution in [3.63, 3.8) is 0 Å². The summed E-state index contributed by atoms with van der Waals surface area (Å²) in [6, 6.07) is 10.2. The quantitative estimate of drug-likeness (QED) is 0.538. The van der Waals surface area contributed by atoms with Crippen LogP contribution in [0.4, 0.5) is 0 Å². The molecule has 10 nitrogen and oxygen atoms in total. The van der Waals surface area contributed by atoms with Crippen molar-refractivity contribution >= 4 is 26.0 Å². The van der Waals surface area contributed by atoms with Gasteiger partial charge in [0.2, 0.25) is 20.0 Å². The first-order valence-corrected chi connectivity index (χ1v) is 12.4. The number of rotatable bonds is 7. The summed E-state index contributed by atoms with van der Waals surface area (Å²) in [5, 5.41) is 0. The molecule has 0 radical (unpaired) electrons. The zero-order chi connectivity index (χ0) is 23.5. The maximum atomic E-state index is 13.2. The lowest BCUT2D eigenvalue weighted by Crippen LogP contribution is -2.50. The minimum Gasteiger partial charge on any atom is -0.497 e. The van der Waals surface area contributed by atoms with Crippen molar-refractivity contribution in [1.82, 2.24) is 8.61 Å². The molecule has 3 rings (SSSR count). The van der Waals surface area contributed by atoms with Gasteiger partial charge in [-0.3, -0.25) is 0 Å². The Kier molecular flexibility index (Phi) is 7.08. The second kappa shape index (κ2) is 9.45. The van der Waals surface area contributed by atoms with Crippen LogP contribution in [0.15, 0.2) is 52.3 Å². The Labute approximate surface area is 187 Å². The van der Waals surface area contributed by atoms with Crippen LogP contribution in [0, 0.1) is 0 Å². The van der Waals surface area contributed by atoms with Gasteiger partial charge in [-0.25, -0.2) is 21.6 Å². The normalized spacial score (nSPS) is 15.8. The highest BCUT2D eigenvalue weighted by molar-refractivity contribution is 7.89. The summed E-state index contributed by atoms with van der Waals surface area (Å²) in [6.45, 7) is -0.294. The lowest BCUT2D eigenvalue weighted by molar-refractivity contribution is 0.0596. The largest absolute Gasteiger partial charge is 0.497 e. The highest BCUT2D eigenvalue weighted by Crippen LogP contribution is 2.31. The number of sulfonamides is 2. The number of carbonyl (C=O) groups excluding carboxylic acids is 1. The standard InChI is InChI=1S/C20H24N2O8S2/c1-28-15-8-9-17(29-2)19(14-15)32(26,27)22-12-10-21(11-13-22)31(24,25)18-7-5-4-6-16(18)20(23)30-3/h4-9,14H,10-13H2,1-3H3. The Morgan fingerprint density at radius 3 is 1.88 bits per heavy atom. The highest BCUT2D eigenvalue weighted by Gasteiger charge is 2.36. The number of piperazine rings is 1. The van der Waals surface area contributed by atoms with Crippen LogP contribution in [0.2, 0.25) is 0 Å². The van der Waals surface area contributed by atoms with Crippen LogP contribution in [0.3, 0.4) is 0 Å². The van der Waals surface area contributed by atoms with Gasteiger partial charge < -0.3 is 14.2 Å². The van der Waals surface area contributed by atoms with Gasteiger partial charge in [-0.1, -0.05) is 12.1 Å². The van der Waals surface area contributed by atoms with E-state index >= 15 is 0 Å². The van der Waals surface area contributed by atoms with Crippen molar-refractivity contribution in [3.8, 4) is 11.5 Å². The van der Waals surface area contributed by atoms with E-state index in [1.165, 1.54) is 62.0 Å². The Hall–Kier alpha value is -2.67. The van der Waals surface area contributed by atoms with Crippen LogP contribution in [-0.4, -0.2) is 78.9 Å². The first kappa shape index (κ1) is 24.0. The molecule has 0 saturated carbocycles. The Bertz CT molecular complexity index is 1200. The molecule has 174 valence electrons. The van der Waals surface area contributed by atoms with E-state index in [0.29, 0.717) is 5.75 Å². The van der Waals surface area contributed by atoms with E-state index in [1.807, 2.05) is 0 Å². The van der Waals surface area contributed by atoms with E-state index in [2.05, 4.69) is 4.74 Å². The van der Waals surface area contributed by atoms with Gasteiger partial charge in [0.25, 0.3) is 0 Å². The predicted octanol–water partition coefficient (Wildman–Crippen LogP) is 1.19. The molecule has 0 atom stereocenters. The summed E-state index contributed by atoms with van der Waals surface area (Å²) in [7, 11) is -4.04. The Morgan fingerprint density at radius 1 is 0.781 bits per heavy atom. The summed E-state index contributed by atoms with van der Waals surface area (Å²) >= 11 is 0. The van der Waals surface area contributed by atoms with E-state index in [0.717, 1.165) is 4.31 Å². The molecule has 1 heterocycles. The highest BCUT2D eigenvalue weighted by atomic mass is 32.2. The molecule has 0 aliphatic carbocycles. The van der Waals surface area contributed by atoms with Crippen LogP contribution in [-0.2, 0) is 24.8 Å². The van der Waals surface area contributed by atoms with E-state index in [9.17, 15) is 21.6 Å². The van der Waals surface area contributed by atoms with Crippen molar-refractivity contribution in [2.75, 3.05) is 47.5 Å². The molecule has 0 spiro atoms. The fourth-order valence-corrected chi connectivity index (χ4v) is 6.58. The molecule has 0 aromatic heterocycles. The van der Waals surface area contributed by atoms with Crippen molar-refractivity contribution in [1.29, 1.82) is 0 Å². The number of ether oxygens (including phenoxy) is 3. The molecule has 0 N–H and O–H groups in total. The molecular weight excluding hydrogens is 460 g/mol. The number of hydrogen-bond donors (Lipinski definition) is 0. The summed E-state index contributed by atoms with van der Waals surface area (Å²) in [5.41, 5.74) is -0.0776. The number of methoxy groups -OCH3 is 3. The zero-order valence-corrected chi connectivity index (χ0v) is 19.5. The van der Waals surface area contributed by atoms with Gasteiger partial charge in [-0.15, -0.1) is 0 Å². The SMILES string of the molecule is COC(=O)c1ccccc1S(=O)(=O)N1CCN(S(=O)(=O)c2cc(OC)ccc2OC)CC1. The van der Waals surface area contributed by atoms with Crippen molar-refractivity contribution in [3.05, 3.63) is 48.0 Å². The number of nitrogens with zero attached hydrogens (tertiary/aromatic N) is 2. The fraction of sp³-hybridized carbons (Fsp3) is 0.350. The van der Waals surface area contributed by atoms with E-state index in [1.54, 1.807) is 6.07 Å². The number of benzene rings is 2. The Morgan fingerprint density at radius 2 is 1.34 bits per heavy atom. The molecule has 0 bridgehead atoms. The zero-order valence-electron chi connectivity index (χ0n) is 17.8. The molecule has 1 aliphatic heterocycles. The minimum atomic E-state index is -4.04. The molecule has 1 aliphatic rings. The molecular formula is C20H24N2O8S2. The lowest BCUT2D eigenvalue weighted by atomic mass is 10.2. The van der Waals surface area contributed by atoms with Crippen LogP contribution in [0.5, 0.6) is 11.5 Å². The third kappa shape index (κ3) is 4.44. The molecule has 32 heavy (non-hydrogen) atoms. The number of carbonyl (C=O) groups is 1. The van der Waals surface area contributed by atoms with E-state index in [4.69, 9.17) is 9.47 Å². The molecule has 1 saturated heterocycles. The molecule has 2 aromatic rings. The third-order valence-electron chi connectivity index (χ3n) is 5.10. The van der Waals surface area contributed by atoms with Gasteiger partial charge in [-0.05, 0) is 24.3 Å². The fourth-order valence-electron chi connectivity index (χ4n) is 3.38. The summed E-state index contributed by atoms with van der Waals surface area (Å²) < 4.78 is 70.1. The molecule has 0 unspecified atom stereocenters. The van der Waals surface area contributed by atoms with Gasteiger partial charge in [0, 0.05) is 32.2 Å². The van der Waals surface area contributed by atoms with Crippen molar-refractivity contribution < 1.29 is 35.8 Å². The van der Waals surface area contributed by atoms with Crippen molar-refractivity contribution in [2.24, 2.45) is 0 Å². The van der Waals surface area contributed by atoms with Crippen molar-refractivity contribution in [2.45, 2.75) is 9.79 Å². The molecule has 12 heteroatoms. The van der Waals surface area contributed by atoms with E-state index < -0.39 is 26.0 Å². The van der Waals surface area contributed by atoms with Gasteiger partial charge in [0.1, 0.15) is 16.4 Å². The van der Waals surface area contributed by atoms with Crippen LogP contribution in [0.25, 0.3) is 0 Å². The monoisotopic (exact) mass is 484 g/mol. The number of esters is 1. The van der Waals surface area contributed by atoms with Crippen LogP contribution >= 0.6 is 0 Å². The molecule has 2 aromatic carbocycles. The minimum absolute atomic E-state index is 0.0632. The molecule has 0 amide bonds. The average molecular weight is 485 g/mol. The maximum absolute atomic E-state index is 13.2. The molecule has 1 fully saturated rings. The van der Waals surface area contributed by atoms with Gasteiger partial charge in [0.05, 0.1) is 31.8 Å². The second-order valence-electron chi connectivity index (χ2n) is 6.81. The summed E-state index contributed by atoms with van der Waals surface area (Å²) in [5.74, 6) is -0.256. The smallest absolute Gasteiger partial charge is 0.339 e. The first-order valence-electron chi connectivity index (χ1n) is 9.56. The predicted molar refractivity (Wildman–Crippen MR) is 115 cm³/mol. The van der Waals surface area contributed by atoms with Gasteiger partial charge >= 0.3 is 5.97 Å². The first-order chi connectivity index (χ1) is 15.2. The van der Waals surface area contributed by atoms with Gasteiger partial charge in [0.15, 0.2) is 0 Å². The van der Waals surface area contributed by atoms with Gasteiger partial charge in [-0.2, -0.15) is 8.61 Å². The topological polar surface area (TPSA) is 120 Å². The Balaban J connectivity index is 1.85. The second-order valence-corrected chi connectivity index (χ2v) is 10.6. The average Bonchev–Trinajstić information content (AvgIpc) is 2.83. The number of hydrogen-bond acceptors (Lipinski definition) is 8. The third-order valence-corrected chi connectivity index (χ3v) is 8.97. The summed E-state index contributed by atoms with van der Waals surface area (Å²) in [4.78, 5) is 11.8. The lowest BCUT2D eigenvalue weighted by Gasteiger charge is -2.33. The summed E-state index contributed by atoms with van der Waals surface area (Å²) in [6.07, 6.45) is 0. The van der Waals surface area contributed by atoms with Crippen LogP contribution < -0.4 is 9.47 Å².